The second kappa shape index (κ2) is 10.3. The zero-order valence-corrected chi connectivity index (χ0v) is 18.5. The second-order valence-electron chi connectivity index (χ2n) is 6.26. The molecular formula is C21H17Cl3N4O3. The van der Waals surface area contributed by atoms with Gasteiger partial charge in [0.05, 0.1) is 20.8 Å². The molecule has 0 saturated carbocycles. The molecule has 3 rings (SSSR count). The smallest absolute Gasteiger partial charge is 0.319 e. The van der Waals surface area contributed by atoms with Crippen LogP contribution in [0.15, 0.2) is 54.7 Å². The van der Waals surface area contributed by atoms with Crippen LogP contribution in [0.4, 0.5) is 10.5 Å². The first-order valence-electron chi connectivity index (χ1n) is 9.00. The second-order valence-corrected chi connectivity index (χ2v) is 7.48. The summed E-state index contributed by atoms with van der Waals surface area (Å²) in [6.07, 6.45) is 1.50. The standard InChI is InChI=1S/C21H17Cl3N4O3/c1-25-20(29)19-8-14(6-7-26-19)31-13-4-2-12(3-5-13)11-27-21(30)28-18-10-16(23)15(22)9-17(18)24/h2-10H,11H2,1H3,(H,25,29)(H2,27,28,30). The van der Waals surface area contributed by atoms with Crippen LogP contribution in [0.25, 0.3) is 0 Å². The van der Waals surface area contributed by atoms with Gasteiger partial charge < -0.3 is 20.7 Å². The van der Waals surface area contributed by atoms with Crippen molar-refractivity contribution in [3.8, 4) is 11.5 Å². The summed E-state index contributed by atoms with van der Waals surface area (Å²) >= 11 is 17.9. The van der Waals surface area contributed by atoms with Crippen LogP contribution < -0.4 is 20.7 Å². The third-order valence-electron chi connectivity index (χ3n) is 4.06. The Labute approximate surface area is 193 Å². The highest BCUT2D eigenvalue weighted by Gasteiger charge is 2.10. The van der Waals surface area contributed by atoms with E-state index in [1.807, 2.05) is 12.1 Å². The fourth-order valence-electron chi connectivity index (χ4n) is 2.51. The number of carbonyl (C=O) groups excluding carboxylic acids is 2. The summed E-state index contributed by atoms with van der Waals surface area (Å²) in [6, 6.07) is 12.8. The molecule has 10 heteroatoms. The van der Waals surface area contributed by atoms with Crippen LogP contribution >= 0.6 is 34.8 Å². The van der Waals surface area contributed by atoms with Crippen molar-refractivity contribution in [1.82, 2.24) is 15.6 Å². The third kappa shape index (κ3) is 6.24. The Hall–Kier alpha value is -3.00. The first-order chi connectivity index (χ1) is 14.9. The van der Waals surface area contributed by atoms with Gasteiger partial charge >= 0.3 is 6.03 Å². The van der Waals surface area contributed by atoms with Crippen LogP contribution in [0.5, 0.6) is 11.5 Å². The molecule has 31 heavy (non-hydrogen) atoms. The molecule has 0 atom stereocenters. The molecule has 0 spiro atoms. The summed E-state index contributed by atoms with van der Waals surface area (Å²) in [5.41, 5.74) is 1.46. The molecule has 0 saturated heterocycles. The number of aromatic nitrogens is 1. The maximum atomic E-state index is 12.1. The molecule has 3 N–H and O–H groups in total. The van der Waals surface area contributed by atoms with E-state index < -0.39 is 6.03 Å². The highest BCUT2D eigenvalue weighted by atomic mass is 35.5. The van der Waals surface area contributed by atoms with Gasteiger partial charge in [0, 0.05) is 25.9 Å². The van der Waals surface area contributed by atoms with Crippen molar-refractivity contribution in [2.75, 3.05) is 12.4 Å². The summed E-state index contributed by atoms with van der Waals surface area (Å²) in [7, 11) is 1.53. The van der Waals surface area contributed by atoms with E-state index in [9.17, 15) is 9.59 Å². The number of hydrogen-bond acceptors (Lipinski definition) is 4. The molecule has 2 aromatic carbocycles. The van der Waals surface area contributed by atoms with Crippen LogP contribution in [-0.4, -0.2) is 24.0 Å². The molecular weight excluding hydrogens is 463 g/mol. The normalized spacial score (nSPS) is 10.3. The van der Waals surface area contributed by atoms with Gasteiger partial charge in [-0.25, -0.2) is 4.79 Å². The van der Waals surface area contributed by atoms with Crippen molar-refractivity contribution in [2.24, 2.45) is 0 Å². The fourth-order valence-corrected chi connectivity index (χ4v) is 3.10. The SMILES string of the molecule is CNC(=O)c1cc(Oc2ccc(CNC(=O)Nc3cc(Cl)c(Cl)cc3Cl)cc2)ccn1. The molecule has 0 unspecified atom stereocenters. The summed E-state index contributed by atoms with van der Waals surface area (Å²) in [5.74, 6) is 0.759. The minimum atomic E-state index is -0.445. The predicted octanol–water partition coefficient (Wildman–Crippen LogP) is 5.52. The van der Waals surface area contributed by atoms with Crippen LogP contribution in [0, 0.1) is 0 Å². The van der Waals surface area contributed by atoms with Crippen molar-refractivity contribution >= 4 is 52.4 Å². The van der Waals surface area contributed by atoms with Crippen LogP contribution in [-0.2, 0) is 6.54 Å². The largest absolute Gasteiger partial charge is 0.457 e. The lowest BCUT2D eigenvalue weighted by atomic mass is 10.2. The van der Waals surface area contributed by atoms with Gasteiger partial charge in [-0.05, 0) is 35.9 Å². The van der Waals surface area contributed by atoms with Gasteiger partial charge in [0.25, 0.3) is 5.91 Å². The van der Waals surface area contributed by atoms with E-state index in [1.165, 1.54) is 25.4 Å². The Kier molecular flexibility index (Phi) is 7.57. The van der Waals surface area contributed by atoms with E-state index in [-0.39, 0.29) is 28.2 Å². The number of halogens is 3. The maximum Gasteiger partial charge on any atom is 0.319 e. The molecule has 3 amide bonds. The van der Waals surface area contributed by atoms with E-state index in [0.717, 1.165) is 5.56 Å². The minimum Gasteiger partial charge on any atom is -0.457 e. The number of anilines is 1. The van der Waals surface area contributed by atoms with E-state index in [1.54, 1.807) is 24.3 Å². The first-order valence-corrected chi connectivity index (χ1v) is 10.1. The fraction of sp³-hybridized carbons (Fsp3) is 0.0952. The summed E-state index contributed by atoms with van der Waals surface area (Å²) < 4.78 is 5.75. The van der Waals surface area contributed by atoms with Crippen molar-refractivity contribution in [3.63, 3.8) is 0 Å². The Balaban J connectivity index is 1.55. The summed E-state index contributed by atoms with van der Waals surface area (Å²) in [4.78, 5) is 27.8. The molecule has 1 heterocycles. The topological polar surface area (TPSA) is 92.4 Å². The molecule has 0 fully saturated rings. The van der Waals surface area contributed by atoms with Crippen molar-refractivity contribution in [1.29, 1.82) is 0 Å². The van der Waals surface area contributed by atoms with Crippen molar-refractivity contribution in [2.45, 2.75) is 6.54 Å². The molecule has 0 aliphatic carbocycles. The molecule has 0 bridgehead atoms. The van der Waals surface area contributed by atoms with E-state index in [2.05, 4.69) is 20.9 Å². The van der Waals surface area contributed by atoms with Crippen molar-refractivity contribution in [3.05, 3.63) is 81.1 Å². The third-order valence-corrected chi connectivity index (χ3v) is 5.10. The zero-order valence-electron chi connectivity index (χ0n) is 16.2. The molecule has 160 valence electrons. The van der Waals surface area contributed by atoms with Gasteiger partial charge in [-0.1, -0.05) is 46.9 Å². The Morgan fingerprint density at radius 3 is 2.35 bits per heavy atom. The number of nitrogens with zero attached hydrogens (tertiary/aromatic N) is 1. The quantitative estimate of drug-likeness (QED) is 0.406. The number of hydrogen-bond donors (Lipinski definition) is 3. The minimum absolute atomic E-state index is 0.258. The van der Waals surface area contributed by atoms with E-state index >= 15 is 0 Å². The monoisotopic (exact) mass is 478 g/mol. The van der Waals surface area contributed by atoms with Gasteiger partial charge in [0.1, 0.15) is 17.2 Å². The number of urea groups is 1. The number of carbonyl (C=O) groups is 2. The van der Waals surface area contributed by atoms with Crippen LogP contribution in [0.1, 0.15) is 16.1 Å². The Bertz CT molecular complexity index is 1110. The Morgan fingerprint density at radius 1 is 0.935 bits per heavy atom. The number of pyridine rings is 1. The number of amides is 3. The average Bonchev–Trinajstić information content (AvgIpc) is 2.76. The van der Waals surface area contributed by atoms with E-state index in [0.29, 0.717) is 22.2 Å². The molecule has 3 aromatic rings. The number of ether oxygens (including phenoxy) is 1. The number of nitrogens with one attached hydrogen (secondary N) is 3. The van der Waals surface area contributed by atoms with Gasteiger partial charge in [-0.3, -0.25) is 9.78 Å². The molecule has 7 nitrogen and oxygen atoms in total. The maximum absolute atomic E-state index is 12.1. The number of rotatable bonds is 6. The van der Waals surface area contributed by atoms with Gasteiger partial charge in [0.15, 0.2) is 0 Å². The average molecular weight is 480 g/mol. The Morgan fingerprint density at radius 2 is 1.65 bits per heavy atom. The highest BCUT2D eigenvalue weighted by molar-refractivity contribution is 6.44. The predicted molar refractivity (Wildman–Crippen MR) is 121 cm³/mol. The highest BCUT2D eigenvalue weighted by Crippen LogP contribution is 2.32. The van der Waals surface area contributed by atoms with E-state index in [4.69, 9.17) is 39.5 Å². The summed E-state index contributed by atoms with van der Waals surface area (Å²) in [5, 5.41) is 8.73. The zero-order chi connectivity index (χ0) is 22.4. The van der Waals surface area contributed by atoms with Crippen molar-refractivity contribution < 1.29 is 14.3 Å². The molecule has 0 aliphatic heterocycles. The van der Waals surface area contributed by atoms with Crippen LogP contribution in [0.3, 0.4) is 0 Å². The molecule has 0 aliphatic rings. The van der Waals surface area contributed by atoms with Crippen LogP contribution in [0.2, 0.25) is 15.1 Å². The number of benzene rings is 2. The molecule has 0 radical (unpaired) electrons. The van der Waals surface area contributed by atoms with Gasteiger partial charge in [0.2, 0.25) is 0 Å². The van der Waals surface area contributed by atoms with Gasteiger partial charge in [-0.2, -0.15) is 0 Å². The lowest BCUT2D eigenvalue weighted by molar-refractivity contribution is 0.0958. The molecule has 1 aromatic heterocycles. The first kappa shape index (κ1) is 22.7. The lowest BCUT2D eigenvalue weighted by Crippen LogP contribution is -2.28. The summed E-state index contributed by atoms with van der Waals surface area (Å²) in [6.45, 7) is 0.279. The lowest BCUT2D eigenvalue weighted by Gasteiger charge is -2.11. The van der Waals surface area contributed by atoms with Gasteiger partial charge in [-0.15, -0.1) is 0 Å².